The zero-order chi connectivity index (χ0) is 7.21. The van der Waals surface area contributed by atoms with Gasteiger partial charge in [-0.05, 0) is 6.92 Å². The van der Waals surface area contributed by atoms with Gasteiger partial charge in [-0.2, -0.15) is 0 Å². The van der Waals surface area contributed by atoms with Crippen molar-refractivity contribution in [2.45, 2.75) is 35.6 Å². The average Bonchev–Trinajstić information content (AvgIpc) is 1.27. The third-order valence-corrected chi connectivity index (χ3v) is 0. The van der Waals surface area contributed by atoms with Crippen molar-refractivity contribution in [1.29, 1.82) is 0 Å². The minimum Gasteiger partial charge on any atom is -0.251 e. The maximum atomic E-state index is 10.3. The van der Waals surface area contributed by atoms with E-state index in [0.29, 0.717) is 0 Å². The first-order valence-corrected chi connectivity index (χ1v) is 1.73. The van der Waals surface area contributed by atoms with E-state index < -0.39 is 6.43 Å². The monoisotopic (exact) mass is 184 g/mol. The second-order valence-corrected chi connectivity index (χ2v) is 0.696. The fraction of sp³-hybridized carbons (Fsp3) is 1.00. The van der Waals surface area contributed by atoms with E-state index in [0.717, 1.165) is 0 Å². The lowest BCUT2D eigenvalue weighted by Gasteiger charge is -1.82. The second-order valence-electron chi connectivity index (χ2n) is 0.696. The first kappa shape index (κ1) is 31.1. The molecular formula is C6H17F5. The normalized spacial score (nSPS) is 7.09. The van der Waals surface area contributed by atoms with Crippen LogP contribution < -0.4 is 0 Å². The molecule has 0 atom stereocenters. The van der Waals surface area contributed by atoms with Crippen molar-refractivity contribution >= 4 is 0 Å². The first-order valence-electron chi connectivity index (χ1n) is 1.73. The standard InChI is InChI=1S/C2H5F.CF4.3CH4/c1-2-3;2-1(3,4)5;;;/h2H2,1H3;;3*1H4. The minimum absolute atomic E-state index is 0. The highest BCUT2D eigenvalue weighted by molar-refractivity contribution is 4.08. The molecule has 11 heavy (non-hydrogen) atoms. The van der Waals surface area contributed by atoms with E-state index in [9.17, 15) is 22.0 Å². The molecule has 0 heterocycles. The van der Waals surface area contributed by atoms with Crippen molar-refractivity contribution in [1.82, 2.24) is 0 Å². The summed E-state index contributed by atoms with van der Waals surface area (Å²) in [5, 5.41) is 0. The number of alkyl halides is 5. The van der Waals surface area contributed by atoms with Gasteiger partial charge in [-0.15, -0.1) is 17.6 Å². The molecule has 0 amide bonds. The molecule has 0 saturated carbocycles. The Labute approximate surface area is 65.4 Å². The van der Waals surface area contributed by atoms with Crippen LogP contribution in [0.5, 0.6) is 0 Å². The Bertz CT molecular complexity index is 34.7. The van der Waals surface area contributed by atoms with Crippen LogP contribution in [0.1, 0.15) is 29.2 Å². The molecule has 0 aromatic rings. The van der Waals surface area contributed by atoms with Gasteiger partial charge in [0.25, 0.3) is 0 Å². The largest absolute Gasteiger partial charge is 0.559 e. The van der Waals surface area contributed by atoms with E-state index in [-0.39, 0.29) is 29.0 Å². The van der Waals surface area contributed by atoms with Gasteiger partial charge in [0, 0.05) is 0 Å². The molecule has 0 unspecified atom stereocenters. The molecule has 0 bridgehead atoms. The highest BCUT2D eigenvalue weighted by Crippen LogP contribution is 2.13. The fourth-order valence-corrected chi connectivity index (χ4v) is 0. The van der Waals surface area contributed by atoms with E-state index in [4.69, 9.17) is 0 Å². The van der Waals surface area contributed by atoms with Gasteiger partial charge in [0.1, 0.15) is 0 Å². The van der Waals surface area contributed by atoms with Crippen LogP contribution in [0.25, 0.3) is 0 Å². The first-order chi connectivity index (χ1) is 3.41. The summed E-state index contributed by atoms with van der Waals surface area (Å²) in [7, 11) is 0. The van der Waals surface area contributed by atoms with Gasteiger partial charge >= 0.3 is 6.43 Å². The van der Waals surface area contributed by atoms with Gasteiger partial charge in [-0.25, -0.2) is 0 Å². The van der Waals surface area contributed by atoms with Crippen LogP contribution in [0.15, 0.2) is 0 Å². The third kappa shape index (κ3) is 4610. The fourth-order valence-electron chi connectivity index (χ4n) is 0. The molecule has 0 fully saturated rings. The Morgan fingerprint density at radius 2 is 0.909 bits per heavy atom. The predicted molar refractivity (Wildman–Crippen MR) is 39.0 cm³/mol. The summed E-state index contributed by atoms with van der Waals surface area (Å²) in [6.07, 6.45) is -5.50. The smallest absolute Gasteiger partial charge is 0.251 e. The summed E-state index contributed by atoms with van der Waals surface area (Å²) in [5.41, 5.74) is 0. The van der Waals surface area contributed by atoms with E-state index in [1.807, 2.05) is 0 Å². The molecule has 0 aromatic heterocycles. The molecule has 5 heteroatoms. The Hall–Kier alpha value is -0.350. The molecule has 0 spiro atoms. The number of hydrogen-bond donors (Lipinski definition) is 0. The zero-order valence-electron chi connectivity index (χ0n) is 4.10. The minimum atomic E-state index is -5.50. The van der Waals surface area contributed by atoms with Gasteiger partial charge in [-0.3, -0.25) is 4.39 Å². The molecular weight excluding hydrogens is 167 g/mol. The topological polar surface area (TPSA) is 0 Å². The van der Waals surface area contributed by atoms with Crippen LogP contribution in [-0.2, 0) is 0 Å². The van der Waals surface area contributed by atoms with Crippen molar-refractivity contribution in [3.05, 3.63) is 0 Å². The highest BCUT2D eigenvalue weighted by atomic mass is 19.5. The lowest BCUT2D eigenvalue weighted by Crippen LogP contribution is -1.92. The molecule has 76 valence electrons. The van der Waals surface area contributed by atoms with Crippen molar-refractivity contribution in [2.75, 3.05) is 6.67 Å². The molecule has 0 aliphatic heterocycles. The molecule has 0 radical (unpaired) electrons. The van der Waals surface area contributed by atoms with Gasteiger partial charge in [-0.1, -0.05) is 22.3 Å². The Balaban J connectivity index is -0.0000000183. The predicted octanol–water partition coefficient (Wildman–Crippen LogP) is 4.36. The Morgan fingerprint density at radius 3 is 0.909 bits per heavy atom. The Kier molecular flexibility index (Phi) is 46.1. The molecule has 0 aliphatic rings. The van der Waals surface area contributed by atoms with Crippen LogP contribution in [0.2, 0.25) is 0 Å². The summed E-state index contributed by atoms with van der Waals surface area (Å²) in [6.45, 7) is 1.21. The summed E-state index contributed by atoms with van der Waals surface area (Å²) >= 11 is 0. The summed E-state index contributed by atoms with van der Waals surface area (Å²) in [6, 6.07) is 0. The van der Waals surface area contributed by atoms with Crippen molar-refractivity contribution in [3.8, 4) is 0 Å². The van der Waals surface area contributed by atoms with Gasteiger partial charge in [0.05, 0.1) is 6.67 Å². The van der Waals surface area contributed by atoms with Crippen molar-refractivity contribution < 1.29 is 22.0 Å². The maximum absolute atomic E-state index is 10.3. The van der Waals surface area contributed by atoms with Gasteiger partial charge in [0.2, 0.25) is 0 Å². The van der Waals surface area contributed by atoms with E-state index >= 15 is 0 Å². The van der Waals surface area contributed by atoms with Crippen LogP contribution >= 0.6 is 0 Å². The van der Waals surface area contributed by atoms with Crippen molar-refractivity contribution in [3.63, 3.8) is 0 Å². The Morgan fingerprint density at radius 1 is 0.909 bits per heavy atom. The lowest BCUT2D eigenvalue weighted by atomic mass is 10.9. The quantitative estimate of drug-likeness (QED) is 0.490. The lowest BCUT2D eigenvalue weighted by molar-refractivity contribution is -0.237. The maximum Gasteiger partial charge on any atom is 0.559 e. The van der Waals surface area contributed by atoms with E-state index in [2.05, 4.69) is 0 Å². The molecule has 0 N–H and O–H groups in total. The van der Waals surface area contributed by atoms with E-state index in [1.165, 1.54) is 6.92 Å². The van der Waals surface area contributed by atoms with Gasteiger partial charge in [0.15, 0.2) is 0 Å². The third-order valence-electron chi connectivity index (χ3n) is 0. The molecule has 0 nitrogen and oxygen atoms in total. The highest BCUT2D eigenvalue weighted by Gasteiger charge is 2.24. The van der Waals surface area contributed by atoms with Crippen LogP contribution in [0.3, 0.4) is 0 Å². The second kappa shape index (κ2) is 16.3. The molecule has 0 rings (SSSR count). The molecule has 0 saturated heterocycles. The van der Waals surface area contributed by atoms with E-state index in [1.54, 1.807) is 0 Å². The summed E-state index contributed by atoms with van der Waals surface area (Å²) < 4.78 is 49.0. The summed E-state index contributed by atoms with van der Waals surface area (Å²) in [5.74, 6) is 0. The van der Waals surface area contributed by atoms with Crippen molar-refractivity contribution in [2.24, 2.45) is 0 Å². The number of halogens is 5. The van der Waals surface area contributed by atoms with Crippen LogP contribution in [0, 0.1) is 0 Å². The summed E-state index contributed by atoms with van der Waals surface area (Å²) in [4.78, 5) is 0. The average molecular weight is 184 g/mol. The molecule has 0 aliphatic carbocycles. The SMILES string of the molecule is C.C.C.CCF.FC(F)(F)F. The zero-order valence-corrected chi connectivity index (χ0v) is 4.10. The number of rotatable bonds is 0. The molecule has 0 aromatic carbocycles. The van der Waals surface area contributed by atoms with Crippen LogP contribution in [-0.4, -0.2) is 13.1 Å². The van der Waals surface area contributed by atoms with Crippen LogP contribution in [0.4, 0.5) is 22.0 Å². The van der Waals surface area contributed by atoms with Gasteiger partial charge < -0.3 is 0 Å². The number of hydrogen-bond acceptors (Lipinski definition) is 0.